The van der Waals surface area contributed by atoms with Gasteiger partial charge in [-0.3, -0.25) is 4.79 Å². The minimum Gasteiger partial charge on any atom is -0.334 e. The molecular weight excluding hydrogens is 358 g/mol. The molecule has 2 aromatic carbocycles. The van der Waals surface area contributed by atoms with Crippen LogP contribution >= 0.6 is 0 Å². The predicted molar refractivity (Wildman–Crippen MR) is 101 cm³/mol. The molecule has 28 heavy (non-hydrogen) atoms. The van der Waals surface area contributed by atoms with E-state index in [1.807, 2.05) is 43.3 Å². The third kappa shape index (κ3) is 3.66. The van der Waals surface area contributed by atoms with Crippen molar-refractivity contribution in [1.82, 2.24) is 20.5 Å². The smallest absolute Gasteiger partial charge is 0.258 e. The van der Waals surface area contributed by atoms with Crippen molar-refractivity contribution in [3.63, 3.8) is 0 Å². The summed E-state index contributed by atoms with van der Waals surface area (Å²) < 4.78 is 10.0. The molecule has 0 spiro atoms. The Morgan fingerprint density at radius 1 is 1.04 bits per heavy atom. The van der Waals surface area contributed by atoms with Crippen LogP contribution in [-0.2, 0) is 11.2 Å². The summed E-state index contributed by atoms with van der Waals surface area (Å²) in [7, 11) is 0. The van der Waals surface area contributed by atoms with E-state index >= 15 is 0 Å². The second-order valence-corrected chi connectivity index (χ2v) is 6.34. The molecule has 1 N–H and O–H groups in total. The molecule has 8 heteroatoms. The molecule has 0 atom stereocenters. The van der Waals surface area contributed by atoms with Gasteiger partial charge >= 0.3 is 0 Å². The van der Waals surface area contributed by atoms with Crippen LogP contribution in [0, 0.1) is 13.8 Å². The van der Waals surface area contributed by atoms with Crippen LogP contribution in [0.4, 0.5) is 5.69 Å². The Hall–Kier alpha value is -3.81. The number of carbonyl (C=O) groups excluding carboxylic acids is 1. The van der Waals surface area contributed by atoms with Crippen LogP contribution in [0.1, 0.15) is 17.0 Å². The summed E-state index contributed by atoms with van der Waals surface area (Å²) in [5, 5.41) is 14.3. The highest BCUT2D eigenvalue weighted by atomic mass is 16.6. The van der Waals surface area contributed by atoms with Gasteiger partial charge in [0.2, 0.25) is 11.7 Å². The van der Waals surface area contributed by atoms with Crippen LogP contribution in [0.5, 0.6) is 0 Å². The van der Waals surface area contributed by atoms with E-state index in [2.05, 4.69) is 30.4 Å². The number of benzene rings is 2. The molecule has 2 aromatic heterocycles. The highest BCUT2D eigenvalue weighted by Crippen LogP contribution is 2.26. The third-order valence-corrected chi connectivity index (χ3v) is 4.28. The Kier molecular flexibility index (Phi) is 4.67. The van der Waals surface area contributed by atoms with Gasteiger partial charge in [-0.25, -0.2) is 4.63 Å². The van der Waals surface area contributed by atoms with Crippen molar-refractivity contribution < 1.29 is 13.9 Å². The number of anilines is 1. The minimum absolute atomic E-state index is 0.0809. The molecule has 0 aliphatic rings. The zero-order valence-corrected chi connectivity index (χ0v) is 15.3. The lowest BCUT2D eigenvalue weighted by molar-refractivity contribution is -0.115. The van der Waals surface area contributed by atoms with Crippen molar-refractivity contribution in [3.05, 3.63) is 65.5 Å². The van der Waals surface area contributed by atoms with E-state index in [4.69, 9.17) is 4.52 Å². The van der Waals surface area contributed by atoms with Gasteiger partial charge in [-0.1, -0.05) is 45.8 Å². The number of amides is 1. The molecule has 4 rings (SSSR count). The molecule has 140 valence electrons. The van der Waals surface area contributed by atoms with E-state index in [1.54, 1.807) is 19.1 Å². The quantitative estimate of drug-likeness (QED) is 0.568. The summed E-state index contributed by atoms with van der Waals surface area (Å²) in [6.07, 6.45) is 0.0809. The maximum atomic E-state index is 12.2. The van der Waals surface area contributed by atoms with E-state index in [0.29, 0.717) is 34.4 Å². The lowest BCUT2D eigenvalue weighted by Crippen LogP contribution is -2.15. The van der Waals surface area contributed by atoms with E-state index in [-0.39, 0.29) is 12.3 Å². The molecule has 0 aliphatic heterocycles. The fraction of sp³-hybridized carbons (Fsp3) is 0.150. The van der Waals surface area contributed by atoms with Gasteiger partial charge in [-0.05, 0) is 37.6 Å². The molecule has 1 amide bonds. The van der Waals surface area contributed by atoms with Crippen molar-refractivity contribution in [2.45, 2.75) is 20.3 Å². The topological polar surface area (TPSA) is 107 Å². The van der Waals surface area contributed by atoms with Crippen LogP contribution in [0.3, 0.4) is 0 Å². The fourth-order valence-corrected chi connectivity index (χ4v) is 2.77. The Morgan fingerprint density at radius 3 is 2.68 bits per heavy atom. The van der Waals surface area contributed by atoms with Crippen molar-refractivity contribution in [2.24, 2.45) is 0 Å². The van der Waals surface area contributed by atoms with Crippen LogP contribution in [-0.4, -0.2) is 26.4 Å². The number of hydrogen-bond donors (Lipinski definition) is 1. The first-order valence-corrected chi connectivity index (χ1v) is 8.68. The number of rotatable bonds is 5. The van der Waals surface area contributed by atoms with Crippen LogP contribution in [0.2, 0.25) is 0 Å². The van der Waals surface area contributed by atoms with Crippen LogP contribution < -0.4 is 5.32 Å². The second kappa shape index (κ2) is 7.43. The first kappa shape index (κ1) is 17.6. The summed E-state index contributed by atoms with van der Waals surface area (Å²) in [4.78, 5) is 16.7. The van der Waals surface area contributed by atoms with Gasteiger partial charge in [0, 0.05) is 16.8 Å². The Morgan fingerprint density at radius 2 is 1.89 bits per heavy atom. The average molecular weight is 375 g/mol. The maximum absolute atomic E-state index is 12.2. The summed E-state index contributed by atoms with van der Waals surface area (Å²) in [6.45, 7) is 3.73. The van der Waals surface area contributed by atoms with Crippen molar-refractivity contribution in [1.29, 1.82) is 0 Å². The molecule has 0 unspecified atom stereocenters. The average Bonchev–Trinajstić information content (AvgIpc) is 3.32. The first-order valence-electron chi connectivity index (χ1n) is 8.68. The predicted octanol–water partition coefficient (Wildman–Crippen LogP) is 3.58. The van der Waals surface area contributed by atoms with E-state index in [0.717, 1.165) is 11.1 Å². The maximum Gasteiger partial charge on any atom is 0.258 e. The van der Waals surface area contributed by atoms with Gasteiger partial charge in [0.1, 0.15) is 11.4 Å². The first-order chi connectivity index (χ1) is 13.6. The lowest BCUT2D eigenvalue weighted by Gasteiger charge is -2.05. The Labute approximate surface area is 160 Å². The number of nitrogens with zero attached hydrogens (tertiary/aromatic N) is 4. The second-order valence-electron chi connectivity index (χ2n) is 6.34. The summed E-state index contributed by atoms with van der Waals surface area (Å²) in [6, 6.07) is 15.1. The van der Waals surface area contributed by atoms with Gasteiger partial charge < -0.3 is 9.84 Å². The molecule has 4 aromatic rings. The van der Waals surface area contributed by atoms with Gasteiger partial charge in [0.05, 0.1) is 6.42 Å². The standard InChI is InChI=1S/C20H17N5O3/c1-12-6-3-4-9-16(12)19-22-20(27-25-19)14-7-5-8-15(10-14)21-18(26)11-17-13(2)23-28-24-17/h3-10H,11H2,1-2H3,(H,21,26). The number of aryl methyl sites for hydroxylation is 2. The Balaban J connectivity index is 1.52. The molecule has 0 fully saturated rings. The molecule has 0 saturated carbocycles. The number of nitrogens with one attached hydrogen (secondary N) is 1. The van der Waals surface area contributed by atoms with E-state index < -0.39 is 0 Å². The SMILES string of the molecule is Cc1ccccc1-c1noc(-c2cccc(NC(=O)Cc3nonc3C)c2)n1. The summed E-state index contributed by atoms with van der Waals surface area (Å²) in [5.74, 6) is 0.685. The molecule has 8 nitrogen and oxygen atoms in total. The van der Waals surface area contributed by atoms with E-state index in [1.165, 1.54) is 0 Å². The third-order valence-electron chi connectivity index (χ3n) is 4.28. The van der Waals surface area contributed by atoms with Gasteiger partial charge in [0.15, 0.2) is 0 Å². The zero-order valence-electron chi connectivity index (χ0n) is 15.3. The zero-order chi connectivity index (χ0) is 19.5. The Bertz CT molecular complexity index is 1130. The van der Waals surface area contributed by atoms with E-state index in [9.17, 15) is 4.79 Å². The number of aromatic nitrogens is 4. The van der Waals surface area contributed by atoms with Gasteiger partial charge in [-0.2, -0.15) is 4.98 Å². The monoisotopic (exact) mass is 375 g/mol. The minimum atomic E-state index is -0.220. The van der Waals surface area contributed by atoms with Gasteiger partial charge in [0.25, 0.3) is 5.89 Å². The van der Waals surface area contributed by atoms with Crippen molar-refractivity contribution >= 4 is 11.6 Å². The fourth-order valence-electron chi connectivity index (χ4n) is 2.77. The summed E-state index contributed by atoms with van der Waals surface area (Å²) in [5.41, 5.74) is 4.41. The molecule has 0 saturated heterocycles. The van der Waals surface area contributed by atoms with Crippen LogP contribution in [0.25, 0.3) is 22.8 Å². The molecule has 0 bridgehead atoms. The largest absolute Gasteiger partial charge is 0.334 e. The van der Waals surface area contributed by atoms with Crippen molar-refractivity contribution in [3.8, 4) is 22.8 Å². The molecule has 2 heterocycles. The molecular formula is C20H17N5O3. The normalized spacial score (nSPS) is 10.8. The molecule has 0 aliphatic carbocycles. The summed E-state index contributed by atoms with van der Waals surface area (Å²) >= 11 is 0. The van der Waals surface area contributed by atoms with Crippen molar-refractivity contribution in [2.75, 3.05) is 5.32 Å². The number of carbonyl (C=O) groups is 1. The number of hydrogen-bond acceptors (Lipinski definition) is 7. The lowest BCUT2D eigenvalue weighted by atomic mass is 10.1. The van der Waals surface area contributed by atoms with Gasteiger partial charge in [-0.15, -0.1) is 0 Å². The highest BCUT2D eigenvalue weighted by molar-refractivity contribution is 5.92. The van der Waals surface area contributed by atoms with Crippen LogP contribution in [0.15, 0.2) is 57.7 Å². The molecule has 0 radical (unpaired) electrons. The highest BCUT2D eigenvalue weighted by Gasteiger charge is 2.14.